The third kappa shape index (κ3) is 27.9. The molecule has 11 aromatic rings. The van der Waals surface area contributed by atoms with Crippen LogP contribution in [0.2, 0.25) is 0 Å². The van der Waals surface area contributed by atoms with Gasteiger partial charge in [0.1, 0.15) is 0 Å². The second-order valence-corrected chi connectivity index (χ2v) is 26.6. The van der Waals surface area contributed by atoms with Crippen LogP contribution in [-0.2, 0) is 32.1 Å². The van der Waals surface area contributed by atoms with Gasteiger partial charge in [-0.1, -0.05) is 262 Å². The Balaban J connectivity index is 0.000000288. The minimum absolute atomic E-state index is 0. The van der Waals surface area contributed by atoms with Crippen LogP contribution < -0.4 is 67.9 Å². The molecule has 4 nitrogen and oxygen atoms in total. The standard InChI is InChI=1S/C33H37ClN.C24H28N.C17H22N.C16H20N.4ClH/c1-3-29(31-10-6-4-7-11-31)23-33(32-18-12-27(24-34)13-19-32)22-26(2)30-16-14-28(15-17-30)25-35-20-8-5-9-21-35;1-3-22(24-10-6-4-7-11-24)18-20(2)23-14-12-21(13-15-23)19-25-16-8-5-9-17-25;1-4-14(2)17-10-8-16(9-11-17)13-18-12-6-5-7-15(18)3;1-3-14(2)16-9-7-15(8-10-16)13-17-11-5-4-6-12-17;;;;/h4-21,26,29,33H,3,22-25H2,1-2H3;4-17,20,22H,3,18-19H2,1-2H3;5-12,14H,4,13H2,1-3H3;4-12,14H,3,13H2,1-2H3;4*1H/q4*+1;;;;/p-4. The Hall–Kier alpha value is -7.41. The van der Waals surface area contributed by atoms with Crippen molar-refractivity contribution in [1.29, 1.82) is 0 Å². The molecule has 4 aromatic heterocycles. The Labute approximate surface area is 626 Å². The van der Waals surface area contributed by atoms with Crippen molar-refractivity contribution in [3.8, 4) is 0 Å². The Morgan fingerprint density at radius 1 is 0.263 bits per heavy atom. The summed E-state index contributed by atoms with van der Waals surface area (Å²) in [6.07, 6.45) is 23.0. The van der Waals surface area contributed by atoms with Crippen LogP contribution in [0.15, 0.2) is 298 Å². The summed E-state index contributed by atoms with van der Waals surface area (Å²) in [4.78, 5) is 0. The monoisotopic (exact) mass is 1420 g/mol. The molecule has 0 spiro atoms. The molecular formula is C90H107Cl5N4. The van der Waals surface area contributed by atoms with E-state index in [1.165, 1.54) is 98.1 Å². The van der Waals surface area contributed by atoms with Gasteiger partial charge in [0.2, 0.25) is 0 Å². The van der Waals surface area contributed by atoms with E-state index in [-0.39, 0.29) is 49.6 Å². The molecule has 7 unspecified atom stereocenters. The minimum Gasteiger partial charge on any atom is -1.00 e. The van der Waals surface area contributed by atoms with Crippen LogP contribution >= 0.6 is 11.6 Å². The number of benzene rings is 7. The molecule has 0 saturated carbocycles. The van der Waals surface area contributed by atoms with Crippen LogP contribution in [0.5, 0.6) is 0 Å². The maximum atomic E-state index is 6.07. The Morgan fingerprint density at radius 2 is 0.535 bits per heavy atom. The molecule has 11 rings (SSSR count). The zero-order chi connectivity index (χ0) is 67.0. The predicted octanol–water partition coefficient (Wildman–Crippen LogP) is 9.73. The highest BCUT2D eigenvalue weighted by molar-refractivity contribution is 6.17. The normalized spacial score (nSPS) is 12.6. The molecule has 0 radical (unpaired) electrons. The van der Waals surface area contributed by atoms with E-state index < -0.39 is 0 Å². The molecule has 0 aliphatic heterocycles. The van der Waals surface area contributed by atoms with Crippen LogP contribution in [0, 0.1) is 6.92 Å². The molecule has 99 heavy (non-hydrogen) atoms. The van der Waals surface area contributed by atoms with Gasteiger partial charge < -0.3 is 49.6 Å². The molecule has 9 heteroatoms. The van der Waals surface area contributed by atoms with Gasteiger partial charge in [0, 0.05) is 83.6 Å². The van der Waals surface area contributed by atoms with Crippen molar-refractivity contribution in [3.63, 3.8) is 0 Å². The van der Waals surface area contributed by atoms with Gasteiger partial charge in [-0.05, 0) is 131 Å². The first-order valence-electron chi connectivity index (χ1n) is 35.3. The zero-order valence-corrected chi connectivity index (χ0v) is 63.8. The van der Waals surface area contributed by atoms with Gasteiger partial charge in [-0.3, -0.25) is 0 Å². The summed E-state index contributed by atoms with van der Waals surface area (Å²) in [7, 11) is 0. The number of alkyl halides is 1. The van der Waals surface area contributed by atoms with Crippen LogP contribution in [0.25, 0.3) is 0 Å². The molecule has 0 saturated heterocycles. The van der Waals surface area contributed by atoms with Gasteiger partial charge in [-0.2, -0.15) is 4.57 Å². The van der Waals surface area contributed by atoms with Crippen molar-refractivity contribution >= 4 is 11.6 Å². The highest BCUT2D eigenvalue weighted by atomic mass is 35.5. The first-order chi connectivity index (χ1) is 46.4. The lowest BCUT2D eigenvalue weighted by Gasteiger charge is -2.27. The zero-order valence-electron chi connectivity index (χ0n) is 60.0. The Kier molecular flexibility index (Phi) is 39.1. The quantitative estimate of drug-likeness (QED) is 0.0380. The second-order valence-electron chi connectivity index (χ2n) is 26.3. The molecule has 0 fully saturated rings. The molecule has 7 aromatic carbocycles. The number of rotatable bonds is 26. The first-order valence-corrected chi connectivity index (χ1v) is 35.8. The van der Waals surface area contributed by atoms with E-state index in [1.807, 2.05) is 6.07 Å². The van der Waals surface area contributed by atoms with E-state index in [0.717, 1.165) is 45.4 Å². The average Bonchev–Trinajstić information content (AvgIpc) is 0.921. The fourth-order valence-corrected chi connectivity index (χ4v) is 12.9. The van der Waals surface area contributed by atoms with Crippen molar-refractivity contribution in [2.45, 2.75) is 181 Å². The summed E-state index contributed by atoms with van der Waals surface area (Å²) < 4.78 is 8.89. The maximum absolute atomic E-state index is 6.07. The molecule has 0 bridgehead atoms. The number of hydrogen-bond donors (Lipinski definition) is 0. The number of pyridine rings is 4. The molecule has 0 amide bonds. The van der Waals surface area contributed by atoms with Gasteiger partial charge in [0.25, 0.3) is 0 Å². The molecular weight excluding hydrogens is 1310 g/mol. The molecule has 0 N–H and O–H groups in total. The molecule has 0 aliphatic carbocycles. The van der Waals surface area contributed by atoms with Crippen LogP contribution in [0.1, 0.15) is 214 Å². The minimum atomic E-state index is 0. The molecule has 4 heterocycles. The topological polar surface area (TPSA) is 15.5 Å². The summed E-state index contributed by atoms with van der Waals surface area (Å²) in [5.74, 6) is 4.64. The summed E-state index contributed by atoms with van der Waals surface area (Å²) in [5.41, 5.74) is 18.0. The predicted molar refractivity (Wildman–Crippen MR) is 399 cm³/mol. The van der Waals surface area contributed by atoms with E-state index >= 15 is 0 Å². The van der Waals surface area contributed by atoms with E-state index in [0.29, 0.717) is 47.3 Å². The summed E-state index contributed by atoms with van der Waals surface area (Å²) in [6.45, 7) is 24.3. The lowest BCUT2D eigenvalue weighted by molar-refractivity contribution is -0.694. The van der Waals surface area contributed by atoms with Crippen LogP contribution in [0.4, 0.5) is 0 Å². The van der Waals surface area contributed by atoms with Crippen molar-refractivity contribution in [3.05, 3.63) is 371 Å². The third-order valence-corrected chi connectivity index (χ3v) is 19.7. The van der Waals surface area contributed by atoms with Gasteiger partial charge in [-0.15, -0.1) is 11.6 Å². The lowest BCUT2D eigenvalue weighted by atomic mass is 9.78. The molecule has 7 atom stereocenters. The number of aromatic nitrogens is 4. The number of halogens is 5. The number of nitrogens with zero attached hydrogens (tertiary/aromatic N) is 4. The second kappa shape index (κ2) is 46.1. The number of aryl methyl sites for hydroxylation is 1. The van der Waals surface area contributed by atoms with Crippen molar-refractivity contribution in [2.75, 3.05) is 0 Å². The summed E-state index contributed by atoms with van der Waals surface area (Å²) in [6, 6.07) is 92.2. The van der Waals surface area contributed by atoms with Crippen LogP contribution in [-0.4, -0.2) is 0 Å². The van der Waals surface area contributed by atoms with Gasteiger partial charge in [0.05, 0.1) is 0 Å². The van der Waals surface area contributed by atoms with E-state index in [4.69, 9.17) is 11.6 Å². The number of hydrogen-bond acceptors (Lipinski definition) is 0. The highest BCUT2D eigenvalue weighted by Crippen LogP contribution is 2.39. The Bertz CT molecular complexity index is 3850. The lowest BCUT2D eigenvalue weighted by Crippen LogP contribution is -3.00. The summed E-state index contributed by atoms with van der Waals surface area (Å²) >= 11 is 6.07. The maximum Gasteiger partial charge on any atom is 0.178 e. The van der Waals surface area contributed by atoms with Crippen molar-refractivity contribution in [2.24, 2.45) is 0 Å². The summed E-state index contributed by atoms with van der Waals surface area (Å²) in [5, 5.41) is 0. The van der Waals surface area contributed by atoms with E-state index in [1.54, 1.807) is 0 Å². The fourth-order valence-electron chi connectivity index (χ4n) is 12.7. The van der Waals surface area contributed by atoms with Gasteiger partial charge >= 0.3 is 0 Å². The fraction of sp³-hybridized carbons (Fsp3) is 0.311. The van der Waals surface area contributed by atoms with Gasteiger partial charge in [-0.25, -0.2) is 13.7 Å². The van der Waals surface area contributed by atoms with Crippen molar-refractivity contribution in [1.82, 2.24) is 0 Å². The smallest absolute Gasteiger partial charge is 0.178 e. The van der Waals surface area contributed by atoms with Crippen molar-refractivity contribution < 1.29 is 67.9 Å². The largest absolute Gasteiger partial charge is 1.00 e. The van der Waals surface area contributed by atoms with E-state index in [2.05, 4.69) is 373 Å². The first kappa shape index (κ1) is 84.0. The molecule has 522 valence electrons. The van der Waals surface area contributed by atoms with E-state index in [9.17, 15) is 0 Å². The highest BCUT2D eigenvalue weighted by Gasteiger charge is 2.23. The average molecular weight is 1420 g/mol. The molecule has 0 aliphatic rings. The Morgan fingerprint density at radius 3 is 0.869 bits per heavy atom. The van der Waals surface area contributed by atoms with Crippen LogP contribution in [0.3, 0.4) is 0 Å². The SMILES string of the molecule is CCC(C)c1ccc(C[n+]2ccccc2)cc1.CCC(C)c1ccc(C[n+]2ccccc2C)cc1.CCC(CC(C)c1ccc(C[n+]2ccccc2)cc1)c1ccccc1.CCC(CC(CC(C)c1ccc(C[n+]2ccccc2)cc1)c1ccc(CCl)cc1)c1ccccc1.[Cl-].[Cl-].[Cl-].[Cl-]. The third-order valence-electron chi connectivity index (χ3n) is 19.3. The van der Waals surface area contributed by atoms with Gasteiger partial charge in [0.15, 0.2) is 75.3 Å².